The zero-order chi connectivity index (χ0) is 13.6. The molecule has 19 heavy (non-hydrogen) atoms. The first-order chi connectivity index (χ1) is 9.04. The number of nitrogens with one attached hydrogen (secondary N) is 2. The van der Waals surface area contributed by atoms with E-state index in [9.17, 15) is 14.4 Å². The van der Waals surface area contributed by atoms with Crippen LogP contribution in [0.5, 0.6) is 0 Å². The molecule has 4 N–H and O–H groups in total. The molecule has 2 heterocycles. The molecule has 0 aromatic heterocycles. The number of hydrogen-bond donors (Lipinski definition) is 3. The molecule has 0 aliphatic carbocycles. The Bertz CT molecular complexity index is 583. The maximum atomic E-state index is 11.5. The van der Waals surface area contributed by atoms with Crippen LogP contribution in [-0.4, -0.2) is 30.8 Å². The lowest BCUT2D eigenvalue weighted by molar-refractivity contribution is -0.130. The van der Waals surface area contributed by atoms with Crippen LogP contribution in [-0.2, 0) is 14.4 Å². The smallest absolute Gasteiger partial charge is 0.246 e. The molecule has 3 amide bonds. The van der Waals surface area contributed by atoms with E-state index in [4.69, 9.17) is 5.73 Å². The van der Waals surface area contributed by atoms with Gasteiger partial charge in [-0.25, -0.2) is 0 Å². The Morgan fingerprint density at radius 1 is 1.11 bits per heavy atom. The summed E-state index contributed by atoms with van der Waals surface area (Å²) >= 11 is 0. The van der Waals surface area contributed by atoms with Crippen molar-refractivity contribution in [2.75, 3.05) is 23.3 Å². The van der Waals surface area contributed by atoms with Crippen LogP contribution in [0.1, 0.15) is 11.6 Å². The Labute approximate surface area is 108 Å². The summed E-state index contributed by atoms with van der Waals surface area (Å²) in [5.41, 5.74) is 7.78. The van der Waals surface area contributed by atoms with Crippen molar-refractivity contribution in [3.8, 4) is 0 Å². The molecule has 0 saturated carbocycles. The molecule has 1 unspecified atom stereocenters. The van der Waals surface area contributed by atoms with Gasteiger partial charge >= 0.3 is 0 Å². The number of carbonyl (C=O) groups excluding carboxylic acids is 3. The monoisotopic (exact) mass is 260 g/mol. The van der Waals surface area contributed by atoms with E-state index in [1.807, 2.05) is 0 Å². The van der Waals surface area contributed by atoms with Gasteiger partial charge < -0.3 is 16.0 Å². The Kier molecular flexibility index (Phi) is 2.49. The summed E-state index contributed by atoms with van der Waals surface area (Å²) < 4.78 is 0. The lowest BCUT2D eigenvalue weighted by Crippen LogP contribution is -2.51. The molecule has 3 rings (SSSR count). The van der Waals surface area contributed by atoms with Gasteiger partial charge in [0, 0.05) is 16.9 Å². The highest BCUT2D eigenvalue weighted by molar-refractivity contribution is 6.04. The van der Waals surface area contributed by atoms with E-state index in [1.165, 1.54) is 0 Å². The molecule has 2 aliphatic heterocycles. The van der Waals surface area contributed by atoms with Gasteiger partial charge in [0.05, 0.1) is 13.1 Å². The van der Waals surface area contributed by atoms with E-state index in [0.29, 0.717) is 11.4 Å². The minimum atomic E-state index is -0.657. The molecule has 0 bridgehead atoms. The maximum Gasteiger partial charge on any atom is 0.246 e. The average Bonchev–Trinajstić information content (AvgIpc) is 2.63. The number of benzene rings is 1. The Morgan fingerprint density at radius 2 is 1.79 bits per heavy atom. The molecule has 1 atom stereocenters. The first-order valence-corrected chi connectivity index (χ1v) is 5.82. The largest absolute Gasteiger partial charge is 0.353 e. The van der Waals surface area contributed by atoms with Crippen LogP contribution in [0.15, 0.2) is 18.2 Å². The molecule has 0 spiro atoms. The van der Waals surface area contributed by atoms with E-state index in [0.717, 1.165) is 5.56 Å². The van der Waals surface area contributed by atoms with Gasteiger partial charge in [0.2, 0.25) is 17.7 Å². The van der Waals surface area contributed by atoms with Crippen LogP contribution >= 0.6 is 0 Å². The van der Waals surface area contributed by atoms with Crippen molar-refractivity contribution in [3.05, 3.63) is 23.8 Å². The quantitative estimate of drug-likeness (QED) is 0.568. The maximum absolute atomic E-state index is 11.5. The van der Waals surface area contributed by atoms with Gasteiger partial charge in [-0.2, -0.15) is 0 Å². The number of imide groups is 1. The van der Waals surface area contributed by atoms with Crippen molar-refractivity contribution in [1.29, 1.82) is 0 Å². The summed E-state index contributed by atoms with van der Waals surface area (Å²) in [6, 6.07) is 4.57. The number of nitrogens with zero attached hydrogens (tertiary/aromatic N) is 1. The number of carbonyl (C=O) groups is 3. The number of piperazine rings is 1. The molecule has 0 radical (unpaired) electrons. The van der Waals surface area contributed by atoms with Crippen LogP contribution in [0.3, 0.4) is 0 Å². The predicted octanol–water partition coefficient (Wildman–Crippen LogP) is -0.899. The molecular formula is C12H12N4O3. The Morgan fingerprint density at radius 3 is 2.47 bits per heavy atom. The third-order valence-corrected chi connectivity index (χ3v) is 3.23. The summed E-state index contributed by atoms with van der Waals surface area (Å²) in [7, 11) is 0. The molecular weight excluding hydrogens is 248 g/mol. The van der Waals surface area contributed by atoms with Crippen molar-refractivity contribution < 1.29 is 14.4 Å². The molecule has 1 aromatic carbocycles. The fraction of sp³-hybridized carbons (Fsp3) is 0.250. The van der Waals surface area contributed by atoms with E-state index in [1.54, 1.807) is 23.1 Å². The third kappa shape index (κ3) is 1.93. The van der Waals surface area contributed by atoms with Gasteiger partial charge in [0.1, 0.15) is 6.04 Å². The predicted molar refractivity (Wildman–Crippen MR) is 67.4 cm³/mol. The molecule has 1 saturated heterocycles. The van der Waals surface area contributed by atoms with Crippen molar-refractivity contribution >= 4 is 29.1 Å². The molecule has 1 aromatic rings. The number of fused-ring (bicyclic) bond motifs is 1. The number of nitrogens with two attached hydrogens (primary N) is 1. The zero-order valence-corrected chi connectivity index (χ0v) is 9.97. The van der Waals surface area contributed by atoms with E-state index < -0.39 is 6.04 Å². The van der Waals surface area contributed by atoms with Crippen LogP contribution < -0.4 is 21.3 Å². The molecule has 7 heteroatoms. The molecule has 7 nitrogen and oxygen atoms in total. The van der Waals surface area contributed by atoms with Gasteiger partial charge in [0.25, 0.3) is 0 Å². The summed E-state index contributed by atoms with van der Waals surface area (Å²) in [5.74, 6) is -0.922. The second-order valence-corrected chi connectivity index (χ2v) is 4.57. The van der Waals surface area contributed by atoms with E-state index in [-0.39, 0.29) is 30.8 Å². The normalized spacial score (nSPS) is 22.1. The van der Waals surface area contributed by atoms with Crippen LogP contribution in [0.25, 0.3) is 0 Å². The highest BCUT2D eigenvalue weighted by atomic mass is 16.2. The van der Waals surface area contributed by atoms with Crippen LogP contribution in [0.4, 0.5) is 11.4 Å². The lowest BCUT2D eigenvalue weighted by Gasteiger charge is -2.27. The first-order valence-electron chi connectivity index (χ1n) is 5.82. The molecule has 98 valence electrons. The van der Waals surface area contributed by atoms with Gasteiger partial charge in [-0.1, -0.05) is 6.07 Å². The fourth-order valence-electron chi connectivity index (χ4n) is 2.29. The van der Waals surface area contributed by atoms with Gasteiger partial charge in [-0.3, -0.25) is 19.7 Å². The van der Waals surface area contributed by atoms with Gasteiger partial charge in [0.15, 0.2) is 0 Å². The summed E-state index contributed by atoms with van der Waals surface area (Å²) in [4.78, 5) is 35.8. The highest BCUT2D eigenvalue weighted by Gasteiger charge is 2.29. The molecule has 1 fully saturated rings. The third-order valence-electron chi connectivity index (χ3n) is 3.23. The summed E-state index contributed by atoms with van der Waals surface area (Å²) in [6.45, 7) is 0.231. The van der Waals surface area contributed by atoms with E-state index >= 15 is 0 Å². The number of rotatable bonds is 1. The minimum absolute atomic E-state index is 0.116. The standard InChI is InChI=1S/C12H12N4O3/c13-11-7-2-1-6(3-8(7)14-12(11)19)16-4-9(17)15-10(18)5-16/h1-3,11H,4-5,13H2,(H,14,19)(H,15,17,18). The summed E-state index contributed by atoms with van der Waals surface area (Å²) in [6.07, 6.45) is 0. The van der Waals surface area contributed by atoms with Crippen molar-refractivity contribution in [3.63, 3.8) is 0 Å². The topological polar surface area (TPSA) is 105 Å². The van der Waals surface area contributed by atoms with Crippen LogP contribution in [0, 0.1) is 0 Å². The minimum Gasteiger partial charge on any atom is -0.353 e. The van der Waals surface area contributed by atoms with E-state index in [2.05, 4.69) is 10.6 Å². The highest BCUT2D eigenvalue weighted by Crippen LogP contribution is 2.32. The first kappa shape index (κ1) is 11.7. The average molecular weight is 260 g/mol. The second-order valence-electron chi connectivity index (χ2n) is 4.57. The van der Waals surface area contributed by atoms with Crippen molar-refractivity contribution in [1.82, 2.24) is 5.32 Å². The Hall–Kier alpha value is -2.41. The number of hydrogen-bond acceptors (Lipinski definition) is 5. The fourth-order valence-corrected chi connectivity index (χ4v) is 2.29. The SMILES string of the molecule is NC1C(=O)Nc2cc(N3CC(=O)NC(=O)C3)ccc21. The number of anilines is 2. The Balaban J connectivity index is 1.91. The van der Waals surface area contributed by atoms with Crippen molar-refractivity contribution in [2.45, 2.75) is 6.04 Å². The van der Waals surface area contributed by atoms with Gasteiger partial charge in [-0.05, 0) is 12.1 Å². The number of amides is 3. The zero-order valence-electron chi connectivity index (χ0n) is 9.97. The second kappa shape index (κ2) is 4.06. The summed E-state index contributed by atoms with van der Waals surface area (Å²) in [5, 5.41) is 4.91. The molecule has 2 aliphatic rings. The van der Waals surface area contributed by atoms with Crippen molar-refractivity contribution in [2.24, 2.45) is 5.73 Å². The van der Waals surface area contributed by atoms with Gasteiger partial charge in [-0.15, -0.1) is 0 Å². The van der Waals surface area contributed by atoms with Crippen LogP contribution in [0.2, 0.25) is 0 Å². The lowest BCUT2D eigenvalue weighted by atomic mass is 10.1.